The molecule has 0 unspecified atom stereocenters. The lowest BCUT2D eigenvalue weighted by molar-refractivity contribution is -0.124. The largest absolute Gasteiger partial charge is 0.472 e. The van der Waals surface area contributed by atoms with E-state index in [0.717, 1.165) is 25.0 Å². The van der Waals surface area contributed by atoms with Gasteiger partial charge in [-0.25, -0.2) is 9.38 Å². The molecule has 1 aromatic rings. The highest BCUT2D eigenvalue weighted by molar-refractivity contribution is 5.94. The molecule has 1 fully saturated rings. The fourth-order valence-electron chi connectivity index (χ4n) is 3.63. The maximum atomic E-state index is 13.9. The van der Waals surface area contributed by atoms with E-state index in [1.807, 2.05) is 20.8 Å². The fourth-order valence-corrected chi connectivity index (χ4v) is 3.63. The van der Waals surface area contributed by atoms with Gasteiger partial charge in [-0.3, -0.25) is 9.69 Å². The third-order valence-electron chi connectivity index (χ3n) is 5.17. The first-order valence-electron chi connectivity index (χ1n) is 10.4. The molecule has 0 aliphatic carbocycles. The van der Waals surface area contributed by atoms with Crippen LogP contribution in [0.3, 0.4) is 0 Å². The predicted molar refractivity (Wildman–Crippen MR) is 120 cm³/mol. The van der Waals surface area contributed by atoms with Crippen molar-refractivity contribution in [3.8, 4) is 0 Å². The summed E-state index contributed by atoms with van der Waals surface area (Å²) >= 11 is 0. The highest BCUT2D eigenvalue weighted by Gasteiger charge is 2.31. The molecule has 1 heterocycles. The van der Waals surface area contributed by atoms with Gasteiger partial charge in [0.05, 0.1) is 0 Å². The van der Waals surface area contributed by atoms with Crippen LogP contribution in [0.25, 0.3) is 0 Å². The zero-order valence-corrected chi connectivity index (χ0v) is 18.5. The average molecular weight is 416 g/mol. The number of likely N-dealkylation sites (tertiary alicyclic amines) is 1. The van der Waals surface area contributed by atoms with E-state index in [1.165, 1.54) is 18.5 Å². The van der Waals surface area contributed by atoms with Crippen molar-refractivity contribution in [3.63, 3.8) is 0 Å². The lowest BCUT2D eigenvalue weighted by atomic mass is 9.85. The van der Waals surface area contributed by atoms with E-state index in [1.54, 1.807) is 18.2 Å². The van der Waals surface area contributed by atoms with Gasteiger partial charge in [-0.1, -0.05) is 24.8 Å². The highest BCUT2D eigenvalue weighted by Crippen LogP contribution is 2.26. The van der Waals surface area contributed by atoms with Crippen LogP contribution in [0.15, 0.2) is 53.8 Å². The van der Waals surface area contributed by atoms with Crippen molar-refractivity contribution in [2.24, 2.45) is 16.6 Å². The third-order valence-corrected chi connectivity index (χ3v) is 5.17. The summed E-state index contributed by atoms with van der Waals surface area (Å²) in [5, 5.41) is 0. The zero-order chi connectivity index (χ0) is 22.3. The maximum Gasteiger partial charge on any atom is 0.217 e. The molecule has 0 amide bonds. The maximum absolute atomic E-state index is 13.9. The number of nitrogens with zero attached hydrogens (tertiary/aromatic N) is 2. The van der Waals surface area contributed by atoms with Crippen molar-refractivity contribution in [1.29, 1.82) is 0 Å². The van der Waals surface area contributed by atoms with Gasteiger partial charge in [-0.15, -0.1) is 0 Å². The molecule has 0 bridgehead atoms. The molecule has 1 aliphatic heterocycles. The minimum atomic E-state index is -0.401. The highest BCUT2D eigenvalue weighted by atomic mass is 19.1. The van der Waals surface area contributed by atoms with E-state index in [2.05, 4.69) is 23.4 Å². The molecule has 1 aromatic carbocycles. The van der Waals surface area contributed by atoms with Gasteiger partial charge in [0.25, 0.3) is 0 Å². The fraction of sp³-hybridized carbons (Fsp3) is 0.500. The van der Waals surface area contributed by atoms with E-state index in [4.69, 9.17) is 10.5 Å². The number of benzene rings is 1. The van der Waals surface area contributed by atoms with E-state index in [-0.39, 0.29) is 30.0 Å². The van der Waals surface area contributed by atoms with Gasteiger partial charge in [-0.05, 0) is 58.7 Å². The number of Topliss-reactive ketones (excluding diaryl/α,β-unsaturated/α-hetero) is 1. The molecule has 0 radical (unpaired) electrons. The Balaban J connectivity index is 1.96. The summed E-state index contributed by atoms with van der Waals surface area (Å²) in [6, 6.07) is 6.69. The minimum Gasteiger partial charge on any atom is -0.472 e. The molecule has 1 aliphatic rings. The minimum absolute atomic E-state index is 0.0525. The van der Waals surface area contributed by atoms with Crippen molar-refractivity contribution < 1.29 is 13.9 Å². The Morgan fingerprint density at radius 3 is 2.70 bits per heavy atom. The molecule has 2 rings (SSSR count). The van der Waals surface area contributed by atoms with Crippen molar-refractivity contribution >= 4 is 11.7 Å². The van der Waals surface area contributed by atoms with E-state index < -0.39 is 5.60 Å². The number of carbonyl (C=O) groups is 1. The van der Waals surface area contributed by atoms with Crippen LogP contribution in [0.4, 0.5) is 4.39 Å². The smallest absolute Gasteiger partial charge is 0.217 e. The summed E-state index contributed by atoms with van der Waals surface area (Å²) in [6.45, 7) is 13.5. The quantitative estimate of drug-likeness (QED) is 0.534. The van der Waals surface area contributed by atoms with Crippen LogP contribution >= 0.6 is 0 Å². The third kappa shape index (κ3) is 7.10. The molecular weight excluding hydrogens is 381 g/mol. The second-order valence-electron chi connectivity index (χ2n) is 8.87. The van der Waals surface area contributed by atoms with Crippen LogP contribution in [0.1, 0.15) is 46.1 Å². The Hall–Kier alpha value is -2.47. The van der Waals surface area contributed by atoms with Gasteiger partial charge in [-0.2, -0.15) is 0 Å². The summed E-state index contributed by atoms with van der Waals surface area (Å²) in [7, 11) is 0. The molecule has 5 nitrogen and oxygen atoms in total. The Morgan fingerprint density at radius 2 is 2.10 bits per heavy atom. The van der Waals surface area contributed by atoms with Crippen molar-refractivity contribution in [1.82, 2.24) is 4.90 Å². The number of aliphatic imine (C=N–C) groups is 1. The molecule has 0 spiro atoms. The molecule has 6 heteroatoms. The topological polar surface area (TPSA) is 67.9 Å². The normalized spacial score (nSPS) is 21.0. The zero-order valence-electron chi connectivity index (χ0n) is 18.5. The van der Waals surface area contributed by atoms with E-state index in [0.29, 0.717) is 18.0 Å². The number of hydrogen-bond acceptors (Lipinski definition) is 5. The summed E-state index contributed by atoms with van der Waals surface area (Å²) in [5.41, 5.74) is 6.26. The molecule has 2 atom stereocenters. The summed E-state index contributed by atoms with van der Waals surface area (Å²) < 4.78 is 19.8. The molecule has 30 heavy (non-hydrogen) atoms. The lowest BCUT2D eigenvalue weighted by Gasteiger charge is -2.37. The number of halogens is 1. The van der Waals surface area contributed by atoms with Crippen LogP contribution in [0, 0.1) is 11.7 Å². The van der Waals surface area contributed by atoms with Crippen molar-refractivity contribution in [2.45, 2.75) is 58.6 Å². The lowest BCUT2D eigenvalue weighted by Crippen LogP contribution is -2.44. The van der Waals surface area contributed by atoms with Crippen LogP contribution < -0.4 is 5.73 Å². The first-order chi connectivity index (χ1) is 14.1. The van der Waals surface area contributed by atoms with Gasteiger partial charge in [0.1, 0.15) is 17.2 Å². The first kappa shape index (κ1) is 23.8. The number of rotatable bonds is 7. The van der Waals surface area contributed by atoms with Crippen molar-refractivity contribution in [2.75, 3.05) is 13.1 Å². The molecule has 1 saturated heterocycles. The summed E-state index contributed by atoms with van der Waals surface area (Å²) in [5.74, 6) is 0.207. The molecule has 0 saturated carbocycles. The monoisotopic (exact) mass is 415 g/mol. The van der Waals surface area contributed by atoms with Crippen LogP contribution in [-0.4, -0.2) is 41.3 Å². The number of hydrogen-bond donors (Lipinski definition) is 1. The molecule has 164 valence electrons. The van der Waals surface area contributed by atoms with Gasteiger partial charge >= 0.3 is 0 Å². The SMILES string of the molecule is C=C(CN1CC[C@@H](C(=O)Cc2ccccc2F)C[C@H]1C)/C(=N\C=C/N)OC(C)(C)C. The van der Waals surface area contributed by atoms with Gasteiger partial charge in [0.2, 0.25) is 5.90 Å². The first-order valence-corrected chi connectivity index (χ1v) is 10.4. The van der Waals surface area contributed by atoms with Crippen LogP contribution in [-0.2, 0) is 16.0 Å². The number of carbonyl (C=O) groups excluding carboxylic acids is 1. The average Bonchev–Trinajstić information content (AvgIpc) is 2.67. The Morgan fingerprint density at radius 1 is 1.40 bits per heavy atom. The van der Waals surface area contributed by atoms with Crippen molar-refractivity contribution in [3.05, 3.63) is 60.2 Å². The van der Waals surface area contributed by atoms with Crippen LogP contribution in [0.2, 0.25) is 0 Å². The van der Waals surface area contributed by atoms with Gasteiger partial charge in [0.15, 0.2) is 0 Å². The van der Waals surface area contributed by atoms with E-state index in [9.17, 15) is 9.18 Å². The Bertz CT molecular complexity index is 811. The molecular formula is C24H34FN3O2. The second kappa shape index (κ2) is 10.5. The molecule has 2 N–H and O–H groups in total. The molecule has 0 aromatic heterocycles. The standard InChI is InChI=1S/C24H34FN3O2/c1-17(23(27-12-11-26)30-24(3,4)5)16-28-13-10-20(14-18(28)2)22(29)15-19-8-6-7-9-21(19)25/h6-9,11-12,18,20H,1,10,13-16,26H2,2-5H3/b12-11-,27-23+/t18-,20-/m1/s1. The number of ketones is 1. The van der Waals surface area contributed by atoms with Gasteiger partial charge in [0, 0.05) is 42.9 Å². The second-order valence-corrected chi connectivity index (χ2v) is 8.87. The predicted octanol–water partition coefficient (Wildman–Crippen LogP) is 4.24. The summed E-state index contributed by atoms with van der Waals surface area (Å²) in [4.78, 5) is 19.3. The number of nitrogens with two attached hydrogens (primary N) is 1. The van der Waals surface area contributed by atoms with Crippen LogP contribution in [0.5, 0.6) is 0 Å². The Labute approximate surface area is 179 Å². The number of piperidine rings is 1. The van der Waals surface area contributed by atoms with E-state index >= 15 is 0 Å². The summed E-state index contributed by atoms with van der Waals surface area (Å²) in [6.07, 6.45) is 4.49. The van der Waals surface area contributed by atoms with Gasteiger partial charge < -0.3 is 10.5 Å². The number of ether oxygens (including phenoxy) is 1. The Kier molecular flexibility index (Phi) is 8.35.